The lowest BCUT2D eigenvalue weighted by Crippen LogP contribution is -2.29. The fourth-order valence-corrected chi connectivity index (χ4v) is 3.66. The maximum absolute atomic E-state index is 13.1. The van der Waals surface area contributed by atoms with E-state index in [1.54, 1.807) is 9.58 Å². The first-order valence-electron chi connectivity index (χ1n) is 8.32. The molecule has 1 aliphatic heterocycles. The quantitative estimate of drug-likeness (QED) is 0.712. The topological polar surface area (TPSA) is 38.1 Å². The molecule has 0 unspecified atom stereocenters. The number of para-hydroxylation sites is 1. The summed E-state index contributed by atoms with van der Waals surface area (Å²) in [4.78, 5) is 14.9. The van der Waals surface area contributed by atoms with Crippen LogP contribution in [0.4, 0.5) is 5.69 Å². The number of hydrogen-bond acceptors (Lipinski definition) is 2. The van der Waals surface area contributed by atoms with Crippen LogP contribution in [0.3, 0.4) is 0 Å². The van der Waals surface area contributed by atoms with Crippen molar-refractivity contribution in [3.05, 3.63) is 82.1 Å². The molecule has 1 aromatic heterocycles. The Morgan fingerprint density at radius 1 is 1.12 bits per heavy atom. The van der Waals surface area contributed by atoms with Crippen LogP contribution in [-0.4, -0.2) is 22.2 Å². The third-order valence-corrected chi connectivity index (χ3v) is 4.97. The SMILES string of the molecule is Cc1nn(Cc2ccccc2)c(Cl)c1C(=O)N1CCc2ccccc21. The minimum atomic E-state index is -0.0771. The summed E-state index contributed by atoms with van der Waals surface area (Å²) in [6.45, 7) is 3.06. The molecule has 0 aliphatic carbocycles. The molecule has 0 saturated heterocycles. The number of rotatable bonds is 3. The van der Waals surface area contributed by atoms with Crippen LogP contribution in [-0.2, 0) is 13.0 Å². The summed E-state index contributed by atoms with van der Waals surface area (Å²) in [5.74, 6) is -0.0771. The molecule has 5 heteroatoms. The number of fused-ring (bicyclic) bond motifs is 1. The van der Waals surface area contributed by atoms with Gasteiger partial charge in [-0.3, -0.25) is 4.79 Å². The number of halogens is 1. The summed E-state index contributed by atoms with van der Waals surface area (Å²) < 4.78 is 1.70. The normalized spacial score (nSPS) is 13.1. The van der Waals surface area contributed by atoms with Crippen molar-refractivity contribution < 1.29 is 4.79 Å². The average Bonchev–Trinajstić information content (AvgIpc) is 3.17. The van der Waals surface area contributed by atoms with Crippen molar-refractivity contribution in [2.45, 2.75) is 19.9 Å². The van der Waals surface area contributed by atoms with E-state index in [9.17, 15) is 4.79 Å². The smallest absolute Gasteiger partial charge is 0.263 e. The highest BCUT2D eigenvalue weighted by Gasteiger charge is 2.30. The summed E-state index contributed by atoms with van der Waals surface area (Å²) >= 11 is 6.53. The van der Waals surface area contributed by atoms with E-state index in [1.807, 2.05) is 55.5 Å². The van der Waals surface area contributed by atoms with Gasteiger partial charge in [-0.05, 0) is 30.5 Å². The molecule has 126 valence electrons. The van der Waals surface area contributed by atoms with Gasteiger partial charge in [0.2, 0.25) is 0 Å². The Morgan fingerprint density at radius 2 is 1.84 bits per heavy atom. The number of benzene rings is 2. The minimum absolute atomic E-state index is 0.0771. The molecule has 1 amide bonds. The van der Waals surface area contributed by atoms with Gasteiger partial charge >= 0.3 is 0 Å². The Balaban J connectivity index is 1.66. The van der Waals surface area contributed by atoms with Crippen LogP contribution in [0, 0.1) is 6.92 Å². The van der Waals surface area contributed by atoms with E-state index in [4.69, 9.17) is 11.6 Å². The molecule has 0 atom stereocenters. The van der Waals surface area contributed by atoms with Crippen LogP contribution in [0.25, 0.3) is 0 Å². The predicted octanol–water partition coefficient (Wildman–Crippen LogP) is 4.10. The second-order valence-electron chi connectivity index (χ2n) is 6.23. The molecule has 2 aromatic carbocycles. The van der Waals surface area contributed by atoms with Crippen LogP contribution in [0.15, 0.2) is 54.6 Å². The molecule has 0 saturated carbocycles. The van der Waals surface area contributed by atoms with Crippen molar-refractivity contribution in [3.63, 3.8) is 0 Å². The lowest BCUT2D eigenvalue weighted by atomic mass is 10.2. The van der Waals surface area contributed by atoms with Gasteiger partial charge in [-0.1, -0.05) is 60.1 Å². The van der Waals surface area contributed by atoms with Gasteiger partial charge in [0, 0.05) is 12.2 Å². The maximum atomic E-state index is 13.1. The van der Waals surface area contributed by atoms with E-state index in [0.717, 1.165) is 17.7 Å². The van der Waals surface area contributed by atoms with E-state index < -0.39 is 0 Å². The monoisotopic (exact) mass is 351 g/mol. The Kier molecular flexibility index (Phi) is 4.06. The summed E-state index contributed by atoms with van der Waals surface area (Å²) in [6, 6.07) is 18.0. The van der Waals surface area contributed by atoms with Crippen molar-refractivity contribution in [2.24, 2.45) is 0 Å². The third kappa shape index (κ3) is 2.83. The fraction of sp³-hybridized carbons (Fsp3) is 0.200. The zero-order chi connectivity index (χ0) is 17.4. The Morgan fingerprint density at radius 3 is 2.64 bits per heavy atom. The number of hydrogen-bond donors (Lipinski definition) is 0. The number of anilines is 1. The van der Waals surface area contributed by atoms with Gasteiger partial charge in [-0.15, -0.1) is 0 Å². The minimum Gasteiger partial charge on any atom is -0.308 e. The first kappa shape index (κ1) is 15.9. The zero-order valence-corrected chi connectivity index (χ0v) is 14.7. The van der Waals surface area contributed by atoms with Crippen LogP contribution in [0.2, 0.25) is 5.15 Å². The van der Waals surface area contributed by atoms with E-state index in [2.05, 4.69) is 11.2 Å². The molecular weight excluding hydrogens is 334 g/mol. The first-order chi connectivity index (χ1) is 12.1. The van der Waals surface area contributed by atoms with Crippen molar-refractivity contribution in [1.29, 1.82) is 0 Å². The summed E-state index contributed by atoms with van der Waals surface area (Å²) in [5.41, 5.74) is 4.42. The Labute approximate surface area is 151 Å². The first-order valence-corrected chi connectivity index (χ1v) is 8.69. The lowest BCUT2D eigenvalue weighted by molar-refractivity contribution is 0.0989. The van der Waals surface area contributed by atoms with Crippen LogP contribution in [0.1, 0.15) is 27.2 Å². The van der Waals surface area contributed by atoms with Crippen molar-refractivity contribution in [2.75, 3.05) is 11.4 Å². The molecule has 0 spiro atoms. The van der Waals surface area contributed by atoms with Gasteiger partial charge in [-0.2, -0.15) is 5.10 Å². The average molecular weight is 352 g/mol. The molecule has 0 bridgehead atoms. The molecule has 3 aromatic rings. The van der Waals surface area contributed by atoms with E-state index in [1.165, 1.54) is 5.56 Å². The predicted molar refractivity (Wildman–Crippen MR) is 99.3 cm³/mol. The Hall–Kier alpha value is -2.59. The molecule has 1 aliphatic rings. The van der Waals surface area contributed by atoms with E-state index >= 15 is 0 Å². The highest BCUT2D eigenvalue weighted by molar-refractivity contribution is 6.34. The number of aryl methyl sites for hydroxylation is 1. The van der Waals surface area contributed by atoms with Gasteiger partial charge < -0.3 is 4.90 Å². The molecular formula is C20H18ClN3O. The second-order valence-corrected chi connectivity index (χ2v) is 6.59. The summed E-state index contributed by atoms with van der Waals surface area (Å²) in [7, 11) is 0. The number of nitrogens with zero attached hydrogens (tertiary/aromatic N) is 3. The van der Waals surface area contributed by atoms with E-state index in [-0.39, 0.29) is 5.91 Å². The van der Waals surface area contributed by atoms with Crippen molar-refractivity contribution in [1.82, 2.24) is 9.78 Å². The van der Waals surface area contributed by atoms with Gasteiger partial charge in [-0.25, -0.2) is 4.68 Å². The largest absolute Gasteiger partial charge is 0.308 e. The second kappa shape index (κ2) is 6.37. The molecule has 0 fully saturated rings. The molecule has 0 N–H and O–H groups in total. The summed E-state index contributed by atoms with van der Waals surface area (Å²) in [6.07, 6.45) is 0.872. The molecule has 25 heavy (non-hydrogen) atoms. The third-order valence-electron chi connectivity index (χ3n) is 4.59. The van der Waals surface area contributed by atoms with Crippen LogP contribution < -0.4 is 4.90 Å². The number of amides is 1. The lowest BCUT2D eigenvalue weighted by Gasteiger charge is -2.17. The van der Waals surface area contributed by atoms with Gasteiger partial charge in [0.15, 0.2) is 0 Å². The molecule has 0 radical (unpaired) electrons. The number of aromatic nitrogens is 2. The van der Waals surface area contributed by atoms with Crippen LogP contribution in [0.5, 0.6) is 0 Å². The van der Waals surface area contributed by atoms with Crippen molar-refractivity contribution in [3.8, 4) is 0 Å². The molecule has 4 rings (SSSR count). The molecule has 2 heterocycles. The van der Waals surface area contributed by atoms with Crippen molar-refractivity contribution >= 4 is 23.2 Å². The highest BCUT2D eigenvalue weighted by atomic mass is 35.5. The molecule has 4 nitrogen and oxygen atoms in total. The summed E-state index contributed by atoms with van der Waals surface area (Å²) in [5, 5.41) is 4.89. The fourth-order valence-electron chi connectivity index (χ4n) is 3.34. The van der Waals surface area contributed by atoms with Gasteiger partial charge in [0.1, 0.15) is 5.15 Å². The highest BCUT2D eigenvalue weighted by Crippen LogP contribution is 2.31. The van der Waals surface area contributed by atoms with Gasteiger partial charge in [0.25, 0.3) is 5.91 Å². The zero-order valence-electron chi connectivity index (χ0n) is 13.9. The number of carbonyl (C=O) groups excluding carboxylic acids is 1. The Bertz CT molecular complexity index is 933. The number of carbonyl (C=O) groups is 1. The maximum Gasteiger partial charge on any atom is 0.263 e. The van der Waals surface area contributed by atoms with Crippen LogP contribution >= 0.6 is 11.6 Å². The van der Waals surface area contributed by atoms with E-state index in [0.29, 0.717) is 29.5 Å². The standard InChI is InChI=1S/C20H18ClN3O/c1-14-18(19(21)24(22-14)13-15-7-3-2-4-8-15)20(25)23-12-11-16-9-5-6-10-17(16)23/h2-10H,11-13H2,1H3. The van der Waals surface area contributed by atoms with Gasteiger partial charge in [0.05, 0.1) is 17.8 Å².